The lowest BCUT2D eigenvalue weighted by Crippen LogP contribution is -2.05. The average Bonchev–Trinajstić information content (AvgIpc) is 2.71. The largest absolute Gasteiger partial charge is 0.325 e. The summed E-state index contributed by atoms with van der Waals surface area (Å²) in [6.45, 7) is 0.494. The lowest BCUT2D eigenvalue weighted by molar-refractivity contribution is 0.684. The molecule has 70 valence electrons. The van der Waals surface area contributed by atoms with E-state index in [1.54, 1.807) is 6.20 Å². The fourth-order valence-electron chi connectivity index (χ4n) is 1.94. The minimum Gasteiger partial charge on any atom is -0.325 e. The molecule has 0 radical (unpaired) electrons. The van der Waals surface area contributed by atoms with Gasteiger partial charge in [0, 0.05) is 24.9 Å². The molecule has 1 saturated carbocycles. The molecule has 0 amide bonds. The summed E-state index contributed by atoms with van der Waals surface area (Å²) in [7, 11) is 0. The molecule has 1 heterocycles. The summed E-state index contributed by atoms with van der Waals surface area (Å²) in [5.41, 5.74) is 7.56. The molecule has 0 aromatic carbocycles. The van der Waals surface area contributed by atoms with E-state index in [1.807, 2.05) is 6.20 Å². The first-order valence-electron chi connectivity index (χ1n) is 4.91. The van der Waals surface area contributed by atoms with E-state index in [0.29, 0.717) is 12.5 Å². The zero-order valence-corrected chi connectivity index (χ0v) is 7.74. The van der Waals surface area contributed by atoms with Gasteiger partial charge in [0.2, 0.25) is 0 Å². The molecule has 2 N–H and O–H groups in total. The average molecular weight is 177 g/mol. The van der Waals surface area contributed by atoms with Crippen LogP contribution in [0.1, 0.15) is 43.0 Å². The fourth-order valence-corrected chi connectivity index (χ4v) is 1.94. The maximum absolute atomic E-state index is 5.51. The van der Waals surface area contributed by atoms with Gasteiger partial charge in [0.05, 0.1) is 11.4 Å². The summed E-state index contributed by atoms with van der Waals surface area (Å²) >= 11 is 0. The van der Waals surface area contributed by atoms with Gasteiger partial charge < -0.3 is 5.73 Å². The van der Waals surface area contributed by atoms with Crippen molar-refractivity contribution in [1.29, 1.82) is 0 Å². The quantitative estimate of drug-likeness (QED) is 0.746. The van der Waals surface area contributed by atoms with Crippen molar-refractivity contribution in [2.75, 3.05) is 0 Å². The molecule has 0 spiro atoms. The molecular formula is C10H15N3. The van der Waals surface area contributed by atoms with Crippen LogP contribution in [0.5, 0.6) is 0 Å². The fraction of sp³-hybridized carbons (Fsp3) is 0.600. The number of aromatic nitrogens is 2. The van der Waals surface area contributed by atoms with Crippen molar-refractivity contribution in [3.63, 3.8) is 0 Å². The summed E-state index contributed by atoms with van der Waals surface area (Å²) < 4.78 is 0. The van der Waals surface area contributed by atoms with Crippen LogP contribution < -0.4 is 5.73 Å². The van der Waals surface area contributed by atoms with Crippen LogP contribution in [0.2, 0.25) is 0 Å². The van der Waals surface area contributed by atoms with Gasteiger partial charge in [0.15, 0.2) is 0 Å². The predicted octanol–water partition coefficient (Wildman–Crippen LogP) is 1.59. The SMILES string of the molecule is NCc1cncc(C2CCCC2)n1. The standard InChI is InChI=1S/C10H15N3/c11-5-9-6-12-7-10(13-9)8-3-1-2-4-8/h6-8H,1-5,11H2. The van der Waals surface area contributed by atoms with Gasteiger partial charge in [-0.15, -0.1) is 0 Å². The second kappa shape index (κ2) is 3.83. The molecule has 1 aliphatic carbocycles. The van der Waals surface area contributed by atoms with E-state index in [1.165, 1.54) is 25.7 Å². The molecule has 0 atom stereocenters. The Morgan fingerprint density at radius 1 is 1.31 bits per heavy atom. The van der Waals surface area contributed by atoms with Crippen LogP contribution in [0.25, 0.3) is 0 Å². The Morgan fingerprint density at radius 2 is 2.08 bits per heavy atom. The molecule has 0 bridgehead atoms. The highest BCUT2D eigenvalue weighted by Gasteiger charge is 2.18. The maximum atomic E-state index is 5.51. The van der Waals surface area contributed by atoms with Gasteiger partial charge in [0.25, 0.3) is 0 Å². The van der Waals surface area contributed by atoms with E-state index in [2.05, 4.69) is 9.97 Å². The number of nitrogens with zero attached hydrogens (tertiary/aromatic N) is 2. The van der Waals surface area contributed by atoms with Gasteiger partial charge in [-0.3, -0.25) is 9.97 Å². The second-order valence-electron chi connectivity index (χ2n) is 3.62. The molecule has 0 aliphatic heterocycles. The van der Waals surface area contributed by atoms with Crippen molar-refractivity contribution in [2.24, 2.45) is 5.73 Å². The number of hydrogen-bond acceptors (Lipinski definition) is 3. The zero-order valence-electron chi connectivity index (χ0n) is 7.74. The van der Waals surface area contributed by atoms with E-state index in [0.717, 1.165) is 11.4 Å². The smallest absolute Gasteiger partial charge is 0.0725 e. The van der Waals surface area contributed by atoms with Gasteiger partial charge in [-0.1, -0.05) is 12.8 Å². The normalized spacial score (nSPS) is 17.9. The lowest BCUT2D eigenvalue weighted by atomic mass is 10.1. The van der Waals surface area contributed by atoms with Gasteiger partial charge in [-0.2, -0.15) is 0 Å². The summed E-state index contributed by atoms with van der Waals surface area (Å²) in [4.78, 5) is 8.64. The maximum Gasteiger partial charge on any atom is 0.0725 e. The van der Waals surface area contributed by atoms with Gasteiger partial charge in [0.1, 0.15) is 0 Å². The minimum absolute atomic E-state index is 0.494. The topological polar surface area (TPSA) is 51.8 Å². The first-order valence-corrected chi connectivity index (χ1v) is 4.91. The first kappa shape index (κ1) is 8.63. The third-order valence-electron chi connectivity index (χ3n) is 2.69. The van der Waals surface area contributed by atoms with E-state index in [-0.39, 0.29) is 0 Å². The van der Waals surface area contributed by atoms with Crippen LogP contribution in [-0.4, -0.2) is 9.97 Å². The van der Waals surface area contributed by atoms with Crippen LogP contribution in [0.3, 0.4) is 0 Å². The van der Waals surface area contributed by atoms with E-state index in [9.17, 15) is 0 Å². The summed E-state index contributed by atoms with van der Waals surface area (Å²) in [5.74, 6) is 0.638. The lowest BCUT2D eigenvalue weighted by Gasteiger charge is -2.08. The van der Waals surface area contributed by atoms with Gasteiger partial charge in [-0.05, 0) is 12.8 Å². The van der Waals surface area contributed by atoms with Crippen molar-refractivity contribution in [1.82, 2.24) is 9.97 Å². The summed E-state index contributed by atoms with van der Waals surface area (Å²) in [6, 6.07) is 0. The van der Waals surface area contributed by atoms with Crippen LogP contribution in [0.4, 0.5) is 0 Å². The third-order valence-corrected chi connectivity index (χ3v) is 2.69. The van der Waals surface area contributed by atoms with Crippen molar-refractivity contribution >= 4 is 0 Å². The predicted molar refractivity (Wildman–Crippen MR) is 51.1 cm³/mol. The van der Waals surface area contributed by atoms with Crippen molar-refractivity contribution in [3.05, 3.63) is 23.8 Å². The molecule has 1 aromatic rings. The van der Waals surface area contributed by atoms with Crippen molar-refractivity contribution < 1.29 is 0 Å². The van der Waals surface area contributed by atoms with Crippen LogP contribution in [0, 0.1) is 0 Å². The van der Waals surface area contributed by atoms with Gasteiger partial charge in [-0.25, -0.2) is 0 Å². The van der Waals surface area contributed by atoms with Crippen molar-refractivity contribution in [3.8, 4) is 0 Å². The molecule has 0 saturated heterocycles. The first-order chi connectivity index (χ1) is 6.40. The molecule has 0 unspecified atom stereocenters. The molecular weight excluding hydrogens is 162 g/mol. The molecule has 3 nitrogen and oxygen atoms in total. The van der Waals surface area contributed by atoms with Crippen molar-refractivity contribution in [2.45, 2.75) is 38.1 Å². The number of hydrogen-bond donors (Lipinski definition) is 1. The number of rotatable bonds is 2. The Bertz CT molecular complexity index is 279. The Hall–Kier alpha value is -0.960. The van der Waals surface area contributed by atoms with E-state index < -0.39 is 0 Å². The third kappa shape index (κ3) is 1.86. The summed E-state index contributed by atoms with van der Waals surface area (Å²) in [6.07, 6.45) is 8.83. The molecule has 13 heavy (non-hydrogen) atoms. The Labute approximate surface area is 78.4 Å². The Morgan fingerprint density at radius 3 is 2.77 bits per heavy atom. The molecule has 1 aliphatic rings. The number of nitrogens with two attached hydrogens (primary N) is 1. The highest BCUT2D eigenvalue weighted by molar-refractivity contribution is 5.09. The Kier molecular flexibility index (Phi) is 2.54. The second-order valence-corrected chi connectivity index (χ2v) is 3.62. The zero-order chi connectivity index (χ0) is 9.10. The Balaban J connectivity index is 2.18. The monoisotopic (exact) mass is 177 g/mol. The van der Waals surface area contributed by atoms with Crippen LogP contribution in [-0.2, 0) is 6.54 Å². The van der Waals surface area contributed by atoms with Crippen LogP contribution in [0.15, 0.2) is 12.4 Å². The molecule has 3 heteroatoms. The highest BCUT2D eigenvalue weighted by Crippen LogP contribution is 2.32. The van der Waals surface area contributed by atoms with Gasteiger partial charge >= 0.3 is 0 Å². The van der Waals surface area contributed by atoms with E-state index >= 15 is 0 Å². The molecule has 2 rings (SSSR count). The minimum atomic E-state index is 0.494. The highest BCUT2D eigenvalue weighted by atomic mass is 14.8. The van der Waals surface area contributed by atoms with Crippen LogP contribution >= 0.6 is 0 Å². The molecule has 1 aromatic heterocycles. The molecule has 1 fully saturated rings. The van der Waals surface area contributed by atoms with E-state index in [4.69, 9.17) is 5.73 Å². The summed E-state index contributed by atoms with van der Waals surface area (Å²) in [5, 5.41) is 0.